The lowest BCUT2D eigenvalue weighted by atomic mass is 10.1. The van der Waals surface area contributed by atoms with Crippen molar-refractivity contribution in [3.63, 3.8) is 0 Å². The Kier molecular flexibility index (Phi) is 7.41. The van der Waals surface area contributed by atoms with Gasteiger partial charge < -0.3 is 15.0 Å². The highest BCUT2D eigenvalue weighted by Crippen LogP contribution is 2.16. The smallest absolute Gasteiger partial charge is 0.261 e. The molecule has 2 aromatic carbocycles. The molecule has 2 amide bonds. The Bertz CT molecular complexity index is 771. The van der Waals surface area contributed by atoms with Gasteiger partial charge in [-0.3, -0.25) is 9.59 Å². The Morgan fingerprint density at radius 1 is 1.07 bits per heavy atom. The second-order valence-electron chi connectivity index (χ2n) is 6.65. The van der Waals surface area contributed by atoms with Gasteiger partial charge in [0.25, 0.3) is 5.91 Å². The Labute approximate surface area is 161 Å². The van der Waals surface area contributed by atoms with Gasteiger partial charge in [0.2, 0.25) is 5.91 Å². The monoisotopic (exact) mass is 368 g/mol. The quantitative estimate of drug-likeness (QED) is 0.778. The molecule has 2 aromatic rings. The fourth-order valence-corrected chi connectivity index (χ4v) is 2.91. The molecule has 0 bridgehead atoms. The van der Waals surface area contributed by atoms with Gasteiger partial charge in [0.15, 0.2) is 6.61 Å². The minimum atomic E-state index is -0.537. The van der Waals surface area contributed by atoms with E-state index >= 15 is 0 Å². The number of hydrogen-bond donors (Lipinski definition) is 1. The summed E-state index contributed by atoms with van der Waals surface area (Å²) in [7, 11) is 1.59. The van der Waals surface area contributed by atoms with Crippen molar-refractivity contribution < 1.29 is 14.3 Å². The molecule has 0 aliphatic heterocycles. The van der Waals surface area contributed by atoms with Crippen molar-refractivity contribution in [3.05, 3.63) is 65.2 Å². The fourth-order valence-electron chi connectivity index (χ4n) is 2.91. The number of benzene rings is 2. The van der Waals surface area contributed by atoms with Crippen molar-refractivity contribution in [1.29, 1.82) is 0 Å². The molecule has 5 heteroatoms. The maximum Gasteiger partial charge on any atom is 0.261 e. The third-order valence-electron chi connectivity index (χ3n) is 4.46. The minimum Gasteiger partial charge on any atom is -0.484 e. The molecule has 0 heterocycles. The Hall–Kier alpha value is -2.82. The van der Waals surface area contributed by atoms with Crippen molar-refractivity contribution >= 4 is 11.8 Å². The number of nitrogens with zero attached hydrogens (tertiary/aromatic N) is 1. The standard InChI is InChI=1S/C22H28N2O3/c1-5-20(22(26)23-4)24(14-18-11-9-16(2)10-12-18)21(25)15-27-19-8-6-7-17(3)13-19/h6-13,20H,5,14-15H2,1-4H3,(H,23,26)/t20-/m1/s1. The minimum absolute atomic E-state index is 0.108. The molecule has 5 nitrogen and oxygen atoms in total. The summed E-state index contributed by atoms with van der Waals surface area (Å²) in [5, 5.41) is 2.65. The molecule has 2 rings (SSSR count). The van der Waals surface area contributed by atoms with Crippen LogP contribution >= 0.6 is 0 Å². The van der Waals surface area contributed by atoms with E-state index in [2.05, 4.69) is 5.32 Å². The Morgan fingerprint density at radius 3 is 2.37 bits per heavy atom. The summed E-state index contributed by atoms with van der Waals surface area (Å²) >= 11 is 0. The van der Waals surface area contributed by atoms with E-state index in [1.807, 2.05) is 69.3 Å². The predicted molar refractivity (Wildman–Crippen MR) is 107 cm³/mol. The van der Waals surface area contributed by atoms with Gasteiger partial charge in [-0.1, -0.05) is 48.9 Å². The topological polar surface area (TPSA) is 58.6 Å². The lowest BCUT2D eigenvalue weighted by molar-refractivity contribution is -0.142. The van der Waals surface area contributed by atoms with Crippen LogP contribution in [-0.2, 0) is 16.1 Å². The van der Waals surface area contributed by atoms with E-state index in [4.69, 9.17) is 4.74 Å². The van der Waals surface area contributed by atoms with E-state index in [1.165, 1.54) is 0 Å². The van der Waals surface area contributed by atoms with Gasteiger partial charge in [-0.15, -0.1) is 0 Å². The maximum atomic E-state index is 12.9. The average molecular weight is 368 g/mol. The molecule has 144 valence electrons. The largest absolute Gasteiger partial charge is 0.484 e. The van der Waals surface area contributed by atoms with Gasteiger partial charge in [-0.05, 0) is 43.5 Å². The molecular formula is C22H28N2O3. The normalized spacial score (nSPS) is 11.6. The second kappa shape index (κ2) is 9.76. The summed E-state index contributed by atoms with van der Waals surface area (Å²) < 4.78 is 5.67. The predicted octanol–water partition coefficient (Wildman–Crippen LogP) is 3.24. The number of likely N-dealkylation sites (N-methyl/N-ethyl adjacent to an activating group) is 1. The van der Waals surface area contributed by atoms with Crippen LogP contribution in [0, 0.1) is 13.8 Å². The van der Waals surface area contributed by atoms with Crippen molar-refractivity contribution in [3.8, 4) is 5.75 Å². The van der Waals surface area contributed by atoms with Gasteiger partial charge in [-0.2, -0.15) is 0 Å². The maximum absolute atomic E-state index is 12.9. The zero-order chi connectivity index (χ0) is 19.8. The molecule has 0 aromatic heterocycles. The molecular weight excluding hydrogens is 340 g/mol. The zero-order valence-electron chi connectivity index (χ0n) is 16.5. The number of nitrogens with one attached hydrogen (secondary N) is 1. The van der Waals surface area contributed by atoms with Gasteiger partial charge in [-0.25, -0.2) is 0 Å². The molecule has 1 N–H and O–H groups in total. The van der Waals surface area contributed by atoms with Gasteiger partial charge in [0.05, 0.1) is 0 Å². The van der Waals surface area contributed by atoms with Crippen LogP contribution < -0.4 is 10.1 Å². The molecule has 0 fully saturated rings. The van der Waals surface area contributed by atoms with E-state index in [1.54, 1.807) is 11.9 Å². The van der Waals surface area contributed by atoms with Crippen LogP contribution in [0.5, 0.6) is 5.75 Å². The highest BCUT2D eigenvalue weighted by molar-refractivity contribution is 5.88. The molecule has 0 unspecified atom stereocenters. The number of carbonyl (C=O) groups excluding carboxylic acids is 2. The van der Waals surface area contributed by atoms with Crippen LogP contribution in [0.15, 0.2) is 48.5 Å². The molecule has 0 radical (unpaired) electrons. The number of ether oxygens (including phenoxy) is 1. The van der Waals surface area contributed by atoms with Crippen LogP contribution in [-0.4, -0.2) is 36.4 Å². The summed E-state index contributed by atoms with van der Waals surface area (Å²) in [4.78, 5) is 26.8. The summed E-state index contributed by atoms with van der Waals surface area (Å²) in [6, 6.07) is 15.0. The molecule has 27 heavy (non-hydrogen) atoms. The molecule has 0 aliphatic rings. The number of rotatable bonds is 8. The van der Waals surface area contributed by atoms with Gasteiger partial charge >= 0.3 is 0 Å². The number of aryl methyl sites for hydroxylation is 2. The number of carbonyl (C=O) groups is 2. The first-order valence-corrected chi connectivity index (χ1v) is 9.20. The number of amides is 2. The average Bonchev–Trinajstić information content (AvgIpc) is 2.67. The van der Waals surface area contributed by atoms with Crippen molar-refractivity contribution in [2.75, 3.05) is 13.7 Å². The van der Waals surface area contributed by atoms with E-state index in [0.717, 1.165) is 16.7 Å². The first-order chi connectivity index (χ1) is 12.9. The highest BCUT2D eigenvalue weighted by Gasteiger charge is 2.28. The Balaban J connectivity index is 2.17. The van der Waals surface area contributed by atoms with Gasteiger partial charge in [0.1, 0.15) is 11.8 Å². The van der Waals surface area contributed by atoms with Crippen LogP contribution in [0.1, 0.15) is 30.0 Å². The lowest BCUT2D eigenvalue weighted by Gasteiger charge is -2.30. The lowest BCUT2D eigenvalue weighted by Crippen LogP contribution is -2.49. The first-order valence-electron chi connectivity index (χ1n) is 9.20. The van der Waals surface area contributed by atoms with E-state index in [9.17, 15) is 9.59 Å². The third-order valence-corrected chi connectivity index (χ3v) is 4.46. The Morgan fingerprint density at radius 2 is 1.78 bits per heavy atom. The molecule has 0 aliphatic carbocycles. The fraction of sp³-hybridized carbons (Fsp3) is 0.364. The molecule has 0 saturated carbocycles. The summed E-state index contributed by atoms with van der Waals surface area (Å²) in [6.45, 7) is 6.14. The van der Waals surface area contributed by atoms with Crippen LogP contribution in [0.4, 0.5) is 0 Å². The SMILES string of the molecule is CC[C@H](C(=O)NC)N(Cc1ccc(C)cc1)C(=O)COc1cccc(C)c1. The van der Waals surface area contributed by atoms with E-state index in [-0.39, 0.29) is 18.4 Å². The molecule has 1 atom stereocenters. The summed E-state index contributed by atoms with van der Waals surface area (Å²) in [6.07, 6.45) is 0.529. The van der Waals surface area contributed by atoms with Gasteiger partial charge in [0, 0.05) is 13.6 Å². The van der Waals surface area contributed by atoms with E-state index < -0.39 is 6.04 Å². The van der Waals surface area contributed by atoms with Crippen LogP contribution in [0.25, 0.3) is 0 Å². The first kappa shape index (κ1) is 20.5. The van der Waals surface area contributed by atoms with E-state index in [0.29, 0.717) is 18.7 Å². The molecule has 0 spiro atoms. The van der Waals surface area contributed by atoms with Crippen molar-refractivity contribution in [2.45, 2.75) is 39.8 Å². The number of hydrogen-bond acceptors (Lipinski definition) is 3. The second-order valence-corrected chi connectivity index (χ2v) is 6.65. The molecule has 0 saturated heterocycles. The van der Waals surface area contributed by atoms with Crippen LogP contribution in [0.3, 0.4) is 0 Å². The zero-order valence-corrected chi connectivity index (χ0v) is 16.5. The third kappa shape index (κ3) is 5.84. The summed E-state index contributed by atoms with van der Waals surface area (Å²) in [5.41, 5.74) is 3.19. The van der Waals surface area contributed by atoms with Crippen molar-refractivity contribution in [2.24, 2.45) is 0 Å². The highest BCUT2D eigenvalue weighted by atomic mass is 16.5. The van der Waals surface area contributed by atoms with Crippen molar-refractivity contribution in [1.82, 2.24) is 10.2 Å². The summed E-state index contributed by atoms with van der Waals surface area (Å²) in [5.74, 6) is 0.257. The van der Waals surface area contributed by atoms with Crippen LogP contribution in [0.2, 0.25) is 0 Å².